The van der Waals surface area contributed by atoms with Gasteiger partial charge in [0.05, 0.1) is 19.6 Å². The number of rotatable bonds is 6. The van der Waals surface area contributed by atoms with Crippen molar-refractivity contribution in [3.8, 4) is 0 Å². The highest BCUT2D eigenvalue weighted by Crippen LogP contribution is 2.42. The molecule has 0 spiro atoms. The quantitative estimate of drug-likeness (QED) is 0.592. The molecular weight excluding hydrogens is 334 g/mol. The second-order valence-electron chi connectivity index (χ2n) is 7.99. The number of benzene rings is 1. The van der Waals surface area contributed by atoms with Crippen LogP contribution in [0.2, 0.25) is 0 Å². The molecule has 1 heterocycles. The van der Waals surface area contributed by atoms with E-state index in [1.54, 1.807) is 12.1 Å². The highest BCUT2D eigenvalue weighted by atomic mass is 16.6. The van der Waals surface area contributed by atoms with Crippen LogP contribution in [0, 0.1) is 5.92 Å². The number of ether oxygens (including phenoxy) is 1. The summed E-state index contributed by atoms with van der Waals surface area (Å²) >= 11 is 0. The van der Waals surface area contributed by atoms with Gasteiger partial charge in [-0.15, -0.1) is 0 Å². The van der Waals surface area contributed by atoms with E-state index in [0.29, 0.717) is 25.1 Å². The normalized spacial score (nSPS) is 28.6. The highest BCUT2D eigenvalue weighted by Gasteiger charge is 2.49. The van der Waals surface area contributed by atoms with Crippen LogP contribution in [0.25, 0.3) is 0 Å². The van der Waals surface area contributed by atoms with Crippen LogP contribution < -0.4 is 5.11 Å². The molecule has 3 atom stereocenters. The Morgan fingerprint density at radius 1 is 1.23 bits per heavy atom. The summed E-state index contributed by atoms with van der Waals surface area (Å²) in [5.41, 5.74) is -1.07. The fourth-order valence-corrected chi connectivity index (χ4v) is 4.48. The monoisotopic (exact) mass is 361 g/mol. The Bertz CT molecular complexity index is 657. The number of aliphatic hydroxyl groups is 1. The van der Waals surface area contributed by atoms with Gasteiger partial charge in [-0.05, 0) is 18.4 Å². The lowest BCUT2D eigenvalue weighted by Crippen LogP contribution is -2.51. The number of likely N-dealkylation sites (tertiary alicyclic amines) is 1. The summed E-state index contributed by atoms with van der Waals surface area (Å²) in [6, 6.07) is 9.01. The molecule has 1 aromatic rings. The van der Waals surface area contributed by atoms with Crippen LogP contribution in [0.4, 0.5) is 0 Å². The Kier molecular flexibility index (Phi) is 5.34. The van der Waals surface area contributed by atoms with E-state index in [9.17, 15) is 19.8 Å². The molecule has 6 heteroatoms. The van der Waals surface area contributed by atoms with Crippen LogP contribution in [-0.2, 0) is 19.9 Å². The molecule has 2 aliphatic rings. The zero-order valence-corrected chi connectivity index (χ0v) is 15.2. The van der Waals surface area contributed by atoms with Crippen molar-refractivity contribution in [3.63, 3.8) is 0 Å². The molecule has 0 amide bonds. The molecule has 3 rings (SSSR count). The third-order valence-corrected chi connectivity index (χ3v) is 5.89. The SMILES string of the molecule is C[N@@+]1(CC(=O)[O-])CC[C@H](OC(=O)C(O)(c2ccccc2)C2CCCC2)C1. The molecule has 0 radical (unpaired) electrons. The first-order valence-corrected chi connectivity index (χ1v) is 9.36. The van der Waals surface area contributed by atoms with E-state index < -0.39 is 17.5 Å². The van der Waals surface area contributed by atoms with Crippen molar-refractivity contribution < 1.29 is 29.0 Å². The van der Waals surface area contributed by atoms with Crippen LogP contribution in [0.5, 0.6) is 0 Å². The summed E-state index contributed by atoms with van der Waals surface area (Å²) in [6.45, 7) is 0.938. The second-order valence-corrected chi connectivity index (χ2v) is 7.99. The van der Waals surface area contributed by atoms with Crippen LogP contribution >= 0.6 is 0 Å². The van der Waals surface area contributed by atoms with Gasteiger partial charge in [0.2, 0.25) is 0 Å². The Labute approximate surface area is 154 Å². The molecule has 1 saturated heterocycles. The number of carboxylic acids is 1. The lowest BCUT2D eigenvalue weighted by atomic mass is 9.80. The summed E-state index contributed by atoms with van der Waals surface area (Å²) in [4.78, 5) is 24.0. The number of carboxylic acid groups (broad SMARTS) is 1. The summed E-state index contributed by atoms with van der Waals surface area (Å²) in [7, 11) is 1.82. The van der Waals surface area contributed by atoms with Crippen LogP contribution in [0.15, 0.2) is 30.3 Å². The number of likely N-dealkylation sites (N-methyl/N-ethyl adjacent to an activating group) is 1. The molecule has 142 valence electrons. The third kappa shape index (κ3) is 3.76. The molecule has 1 aliphatic carbocycles. The van der Waals surface area contributed by atoms with Crippen molar-refractivity contribution in [2.75, 3.05) is 26.7 Å². The van der Waals surface area contributed by atoms with Gasteiger partial charge in [-0.1, -0.05) is 43.2 Å². The molecule has 26 heavy (non-hydrogen) atoms. The predicted molar refractivity (Wildman–Crippen MR) is 92.6 cm³/mol. The number of carbonyl (C=O) groups is 2. The number of hydrogen-bond donors (Lipinski definition) is 1. The summed E-state index contributed by atoms with van der Waals surface area (Å²) in [6.07, 6.45) is 3.79. The Balaban J connectivity index is 1.76. The zero-order chi connectivity index (χ0) is 18.8. The van der Waals surface area contributed by atoms with Crippen LogP contribution in [0.3, 0.4) is 0 Å². The molecular formula is C20H27NO5. The van der Waals surface area contributed by atoms with Gasteiger partial charge in [0.1, 0.15) is 13.1 Å². The highest BCUT2D eigenvalue weighted by molar-refractivity contribution is 5.81. The molecule has 2 fully saturated rings. The van der Waals surface area contributed by atoms with Gasteiger partial charge >= 0.3 is 5.97 Å². The molecule has 1 N–H and O–H groups in total. The predicted octanol–water partition coefficient (Wildman–Crippen LogP) is 0.576. The first-order valence-electron chi connectivity index (χ1n) is 9.36. The smallest absolute Gasteiger partial charge is 0.343 e. The number of nitrogens with zero attached hydrogens (tertiary/aromatic N) is 1. The number of quaternary nitrogens is 1. The van der Waals surface area contributed by atoms with Crippen molar-refractivity contribution in [3.05, 3.63) is 35.9 Å². The molecule has 1 saturated carbocycles. The fraction of sp³-hybridized carbons (Fsp3) is 0.600. The number of aliphatic carboxylic acids is 1. The van der Waals surface area contributed by atoms with E-state index in [4.69, 9.17) is 4.74 Å². The Hall–Kier alpha value is -1.92. The van der Waals surface area contributed by atoms with Gasteiger partial charge in [-0.2, -0.15) is 0 Å². The van der Waals surface area contributed by atoms with Crippen molar-refractivity contribution >= 4 is 11.9 Å². The summed E-state index contributed by atoms with van der Waals surface area (Å²) in [5, 5.41) is 22.3. The van der Waals surface area contributed by atoms with Gasteiger partial charge in [0, 0.05) is 12.3 Å². The van der Waals surface area contributed by atoms with Crippen molar-refractivity contribution in [2.24, 2.45) is 5.92 Å². The Morgan fingerprint density at radius 2 is 1.88 bits per heavy atom. The topological polar surface area (TPSA) is 86.7 Å². The minimum atomic E-state index is -1.64. The van der Waals surface area contributed by atoms with Gasteiger partial charge < -0.3 is 24.2 Å². The van der Waals surface area contributed by atoms with Gasteiger partial charge in [0.25, 0.3) is 0 Å². The molecule has 1 unspecified atom stereocenters. The lowest BCUT2D eigenvalue weighted by Gasteiger charge is -2.33. The van der Waals surface area contributed by atoms with Crippen molar-refractivity contribution in [1.82, 2.24) is 0 Å². The maximum absolute atomic E-state index is 13.0. The van der Waals surface area contributed by atoms with E-state index in [2.05, 4.69) is 0 Å². The molecule has 6 nitrogen and oxygen atoms in total. The molecule has 0 aromatic heterocycles. The fourth-order valence-electron chi connectivity index (χ4n) is 4.48. The number of esters is 1. The summed E-state index contributed by atoms with van der Waals surface area (Å²) in [5.74, 6) is -1.86. The molecule has 1 aromatic carbocycles. The minimum Gasteiger partial charge on any atom is -0.544 e. The minimum absolute atomic E-state index is 0.0976. The van der Waals surface area contributed by atoms with Gasteiger partial charge in [-0.3, -0.25) is 0 Å². The van der Waals surface area contributed by atoms with E-state index in [0.717, 1.165) is 25.7 Å². The van der Waals surface area contributed by atoms with Crippen molar-refractivity contribution in [1.29, 1.82) is 0 Å². The van der Waals surface area contributed by atoms with Gasteiger partial charge in [-0.25, -0.2) is 4.79 Å². The first-order chi connectivity index (χ1) is 12.3. The number of carbonyl (C=O) groups excluding carboxylic acids is 2. The molecule has 0 bridgehead atoms. The largest absolute Gasteiger partial charge is 0.544 e. The third-order valence-electron chi connectivity index (χ3n) is 5.89. The average molecular weight is 361 g/mol. The maximum Gasteiger partial charge on any atom is 0.343 e. The van der Waals surface area contributed by atoms with E-state index in [-0.39, 0.29) is 23.0 Å². The number of hydrogen-bond acceptors (Lipinski definition) is 5. The van der Waals surface area contributed by atoms with Gasteiger partial charge in [0.15, 0.2) is 11.7 Å². The summed E-state index contributed by atoms with van der Waals surface area (Å²) < 4.78 is 5.99. The zero-order valence-electron chi connectivity index (χ0n) is 15.2. The van der Waals surface area contributed by atoms with Crippen LogP contribution in [0.1, 0.15) is 37.7 Å². The van der Waals surface area contributed by atoms with E-state index in [1.807, 2.05) is 25.2 Å². The lowest BCUT2D eigenvalue weighted by molar-refractivity contribution is -0.893. The Morgan fingerprint density at radius 3 is 2.50 bits per heavy atom. The molecule has 1 aliphatic heterocycles. The second kappa shape index (κ2) is 7.37. The van der Waals surface area contributed by atoms with Crippen LogP contribution in [-0.4, -0.2) is 54.3 Å². The maximum atomic E-state index is 13.0. The van der Waals surface area contributed by atoms with E-state index >= 15 is 0 Å². The van der Waals surface area contributed by atoms with Crippen molar-refractivity contribution in [2.45, 2.75) is 43.8 Å². The standard InChI is InChI=1S/C20H27NO5/c1-21(14-18(22)23)12-11-17(13-21)26-19(24)20(25,16-9-5-6-10-16)15-7-3-2-4-8-15/h2-4,7-8,16-17,25H,5-6,9-14H2,1H3/t17-,20?,21+/m0/s1. The van der Waals surface area contributed by atoms with E-state index in [1.165, 1.54) is 0 Å². The average Bonchev–Trinajstić information content (AvgIpc) is 3.25. The first kappa shape index (κ1) is 18.9.